The predicted octanol–water partition coefficient (Wildman–Crippen LogP) is 2.82. The molecule has 0 spiro atoms. The second-order valence-corrected chi connectivity index (χ2v) is 3.05. The van der Waals surface area contributed by atoms with Crippen molar-refractivity contribution >= 4 is 17.9 Å². The van der Waals surface area contributed by atoms with E-state index in [2.05, 4.69) is 9.73 Å². The zero-order valence-electron chi connectivity index (χ0n) is 9.46. The number of hydrogen-bond acceptors (Lipinski definition) is 3. The molecule has 0 unspecified atom stereocenters. The molecule has 0 saturated carbocycles. The first-order chi connectivity index (χ1) is 8.26. The van der Waals surface area contributed by atoms with Crippen LogP contribution >= 0.6 is 0 Å². The summed E-state index contributed by atoms with van der Waals surface area (Å²) in [4.78, 5) is 14.5. The first kappa shape index (κ1) is 12.7. The summed E-state index contributed by atoms with van der Waals surface area (Å²) < 4.78 is 4.61. The Morgan fingerprint density at radius 3 is 2.76 bits per heavy atom. The van der Waals surface area contributed by atoms with Gasteiger partial charge in [-0.2, -0.15) is 10.3 Å². The Balaban J connectivity index is 2.75. The maximum absolute atomic E-state index is 11.0. The van der Waals surface area contributed by atoms with Crippen molar-refractivity contribution in [3.8, 4) is 6.07 Å². The molecule has 0 aliphatic carbocycles. The van der Waals surface area contributed by atoms with Crippen molar-refractivity contribution in [2.75, 3.05) is 6.61 Å². The van der Waals surface area contributed by atoms with Crippen LogP contribution in [0.15, 0.2) is 41.4 Å². The number of hydrogen-bond donors (Lipinski definition) is 0. The average Bonchev–Trinajstić information content (AvgIpc) is 2.36. The summed E-state index contributed by atoms with van der Waals surface area (Å²) in [6, 6.07) is 11.3. The minimum atomic E-state index is -0.748. The molecule has 0 aromatic heterocycles. The summed E-state index contributed by atoms with van der Waals surface area (Å²) in [6.45, 7) is 1.92. The van der Waals surface area contributed by atoms with Gasteiger partial charge in [-0.1, -0.05) is 36.4 Å². The van der Waals surface area contributed by atoms with E-state index in [1.807, 2.05) is 36.4 Å². The Morgan fingerprint density at radius 2 is 2.18 bits per heavy atom. The molecule has 1 amide bonds. The average molecular weight is 228 g/mol. The lowest BCUT2D eigenvalue weighted by Gasteiger charge is -1.94. The Morgan fingerprint density at radius 1 is 1.47 bits per heavy atom. The summed E-state index contributed by atoms with van der Waals surface area (Å²) >= 11 is 0. The molecule has 0 aliphatic heterocycles. The number of nitrogens with zero attached hydrogens (tertiary/aromatic N) is 2. The molecule has 0 heterocycles. The van der Waals surface area contributed by atoms with Crippen LogP contribution in [-0.4, -0.2) is 18.4 Å². The van der Waals surface area contributed by atoms with E-state index in [0.717, 1.165) is 5.56 Å². The van der Waals surface area contributed by atoms with Gasteiger partial charge in [0, 0.05) is 0 Å². The van der Waals surface area contributed by atoms with E-state index >= 15 is 0 Å². The van der Waals surface area contributed by atoms with E-state index < -0.39 is 6.09 Å². The zero-order chi connectivity index (χ0) is 12.5. The Labute approximate surface area is 99.9 Å². The fourth-order valence-corrected chi connectivity index (χ4v) is 1.09. The number of allylic oxidation sites excluding steroid dienone is 1. The van der Waals surface area contributed by atoms with Gasteiger partial charge >= 0.3 is 6.09 Å². The first-order valence-corrected chi connectivity index (χ1v) is 5.15. The van der Waals surface area contributed by atoms with E-state index in [-0.39, 0.29) is 12.3 Å². The lowest BCUT2D eigenvalue weighted by atomic mass is 10.2. The highest BCUT2D eigenvalue weighted by Gasteiger charge is 1.99. The number of aliphatic imine (C=N–C) groups is 1. The maximum Gasteiger partial charge on any atom is 0.434 e. The number of nitriles is 1. The van der Waals surface area contributed by atoms with Crippen LogP contribution in [0.5, 0.6) is 0 Å². The molecular formula is C13H12N2O2. The van der Waals surface area contributed by atoms with Crippen LogP contribution in [0.2, 0.25) is 0 Å². The van der Waals surface area contributed by atoms with Crippen LogP contribution in [-0.2, 0) is 4.74 Å². The molecule has 86 valence electrons. The molecule has 0 bridgehead atoms. The van der Waals surface area contributed by atoms with Gasteiger partial charge in [-0.3, -0.25) is 0 Å². The molecule has 0 atom stereocenters. The fourth-order valence-electron chi connectivity index (χ4n) is 1.09. The fraction of sp³-hybridized carbons (Fsp3) is 0.154. The second kappa shape index (κ2) is 6.96. The maximum atomic E-state index is 11.0. The molecule has 0 saturated heterocycles. The van der Waals surface area contributed by atoms with E-state index in [9.17, 15) is 4.79 Å². The Kier molecular flexibility index (Phi) is 5.18. The third kappa shape index (κ3) is 4.76. The molecule has 17 heavy (non-hydrogen) atoms. The van der Waals surface area contributed by atoms with E-state index in [0.29, 0.717) is 0 Å². The monoisotopic (exact) mass is 228 g/mol. The van der Waals surface area contributed by atoms with Gasteiger partial charge in [-0.05, 0) is 18.6 Å². The van der Waals surface area contributed by atoms with Crippen molar-refractivity contribution in [1.29, 1.82) is 5.26 Å². The van der Waals surface area contributed by atoms with Crippen LogP contribution in [0.3, 0.4) is 0 Å². The lowest BCUT2D eigenvalue weighted by molar-refractivity contribution is 0.163. The molecule has 1 rings (SSSR count). The van der Waals surface area contributed by atoms with Crippen molar-refractivity contribution in [1.82, 2.24) is 0 Å². The molecule has 1 aromatic rings. The van der Waals surface area contributed by atoms with Gasteiger partial charge in [-0.15, -0.1) is 0 Å². The van der Waals surface area contributed by atoms with Crippen molar-refractivity contribution in [3.05, 3.63) is 42.0 Å². The topological polar surface area (TPSA) is 62.4 Å². The first-order valence-electron chi connectivity index (χ1n) is 5.15. The summed E-state index contributed by atoms with van der Waals surface area (Å²) in [5, 5.41) is 8.78. The van der Waals surface area contributed by atoms with Gasteiger partial charge in [0.05, 0.1) is 6.61 Å². The summed E-state index contributed by atoms with van der Waals surface area (Å²) in [5.74, 6) is 0. The smallest absolute Gasteiger partial charge is 0.434 e. The highest BCUT2D eigenvalue weighted by molar-refractivity contribution is 6.12. The molecule has 4 nitrogen and oxygen atoms in total. The molecule has 0 fully saturated rings. The SMILES string of the molecule is CCOC(=O)/N=C(C#N)/C=C/c1ccccc1. The van der Waals surface area contributed by atoms with Crippen molar-refractivity contribution in [2.45, 2.75) is 6.92 Å². The number of carbonyl (C=O) groups excluding carboxylic acids is 1. The van der Waals surface area contributed by atoms with E-state index in [1.54, 1.807) is 13.0 Å². The largest absolute Gasteiger partial charge is 0.448 e. The van der Waals surface area contributed by atoms with Gasteiger partial charge < -0.3 is 4.74 Å². The minimum absolute atomic E-state index is 0.0207. The molecule has 0 N–H and O–H groups in total. The van der Waals surface area contributed by atoms with Gasteiger partial charge in [0.25, 0.3) is 0 Å². The van der Waals surface area contributed by atoms with Crippen molar-refractivity contribution < 1.29 is 9.53 Å². The zero-order valence-corrected chi connectivity index (χ0v) is 9.46. The highest BCUT2D eigenvalue weighted by atomic mass is 16.5. The minimum Gasteiger partial charge on any atom is -0.448 e. The van der Waals surface area contributed by atoms with Crippen LogP contribution in [0.25, 0.3) is 6.08 Å². The third-order valence-electron chi connectivity index (χ3n) is 1.83. The van der Waals surface area contributed by atoms with Gasteiger partial charge in [0.1, 0.15) is 11.8 Å². The van der Waals surface area contributed by atoms with E-state index in [1.165, 1.54) is 6.08 Å². The number of amides is 1. The van der Waals surface area contributed by atoms with Crippen LogP contribution < -0.4 is 0 Å². The van der Waals surface area contributed by atoms with Gasteiger partial charge in [0.15, 0.2) is 0 Å². The van der Waals surface area contributed by atoms with Crippen molar-refractivity contribution in [2.24, 2.45) is 4.99 Å². The lowest BCUT2D eigenvalue weighted by Crippen LogP contribution is -2.01. The van der Waals surface area contributed by atoms with E-state index in [4.69, 9.17) is 5.26 Å². The number of rotatable bonds is 3. The van der Waals surface area contributed by atoms with Gasteiger partial charge in [-0.25, -0.2) is 4.79 Å². The second-order valence-electron chi connectivity index (χ2n) is 3.05. The van der Waals surface area contributed by atoms with Crippen LogP contribution in [0.1, 0.15) is 12.5 Å². The summed E-state index contributed by atoms with van der Waals surface area (Å²) in [5.41, 5.74) is 0.951. The van der Waals surface area contributed by atoms with Gasteiger partial charge in [0.2, 0.25) is 0 Å². The number of benzene rings is 1. The predicted molar refractivity (Wildman–Crippen MR) is 65.5 cm³/mol. The quantitative estimate of drug-likeness (QED) is 0.747. The van der Waals surface area contributed by atoms with Crippen LogP contribution in [0, 0.1) is 11.3 Å². The molecule has 0 aliphatic rings. The molecule has 0 radical (unpaired) electrons. The van der Waals surface area contributed by atoms with Crippen LogP contribution in [0.4, 0.5) is 4.79 Å². The third-order valence-corrected chi connectivity index (χ3v) is 1.83. The number of carbonyl (C=O) groups is 1. The van der Waals surface area contributed by atoms with Crippen molar-refractivity contribution in [3.63, 3.8) is 0 Å². The summed E-state index contributed by atoms with van der Waals surface area (Å²) in [6.07, 6.45) is 2.44. The standard InChI is InChI=1S/C13H12N2O2/c1-2-17-13(16)15-12(10-14)9-8-11-6-4-3-5-7-11/h3-9H,2H2,1H3/b9-8+,15-12-. The molecule has 1 aromatic carbocycles. The Hall–Kier alpha value is -2.41. The molecule has 4 heteroatoms. The normalized spacial score (nSPS) is 11.2. The highest BCUT2D eigenvalue weighted by Crippen LogP contribution is 2.01. The molecular weight excluding hydrogens is 216 g/mol. The Bertz CT molecular complexity index is 470. The summed E-state index contributed by atoms with van der Waals surface area (Å²) in [7, 11) is 0. The number of ether oxygens (including phenoxy) is 1.